The molecule has 1 aromatic carbocycles. The third-order valence-electron chi connectivity index (χ3n) is 2.95. The quantitative estimate of drug-likeness (QED) is 0.667. The van der Waals surface area contributed by atoms with Gasteiger partial charge in [-0.25, -0.2) is 4.39 Å². The lowest BCUT2D eigenvalue weighted by Crippen LogP contribution is -2.31. The Kier molecular flexibility index (Phi) is 4.65. The number of hydrogen-bond donors (Lipinski definition) is 3. The summed E-state index contributed by atoms with van der Waals surface area (Å²) in [6, 6.07) is 3.01. The molecule has 0 heterocycles. The molecule has 0 bridgehead atoms. The molecule has 0 spiro atoms. The normalized spacial score (nSPS) is 13.9. The van der Waals surface area contributed by atoms with Gasteiger partial charge in [-0.3, -0.25) is 4.79 Å². The largest absolute Gasteiger partial charge is 0.490 e. The van der Waals surface area contributed by atoms with E-state index < -0.39 is 5.82 Å². The first-order chi connectivity index (χ1) is 9.60. The first kappa shape index (κ1) is 14.4. The molecule has 20 heavy (non-hydrogen) atoms. The molecule has 0 atom stereocenters. The van der Waals surface area contributed by atoms with Crippen LogP contribution in [0.25, 0.3) is 0 Å². The van der Waals surface area contributed by atoms with Gasteiger partial charge in [-0.1, -0.05) is 6.92 Å². The predicted molar refractivity (Wildman–Crippen MR) is 76.3 cm³/mol. The Morgan fingerprint density at radius 1 is 1.50 bits per heavy atom. The van der Waals surface area contributed by atoms with Crippen molar-refractivity contribution in [3.05, 3.63) is 17.9 Å². The number of anilines is 2. The van der Waals surface area contributed by atoms with Crippen molar-refractivity contribution in [1.29, 1.82) is 0 Å². The van der Waals surface area contributed by atoms with Gasteiger partial charge in [-0.05, 0) is 19.3 Å². The molecule has 1 aliphatic rings. The van der Waals surface area contributed by atoms with Crippen LogP contribution in [-0.2, 0) is 4.79 Å². The Labute approximate surface area is 117 Å². The van der Waals surface area contributed by atoms with Crippen LogP contribution in [0, 0.1) is 5.82 Å². The molecule has 0 aliphatic heterocycles. The van der Waals surface area contributed by atoms with E-state index in [4.69, 9.17) is 10.5 Å². The summed E-state index contributed by atoms with van der Waals surface area (Å²) in [5.74, 6) is -0.442. The second-order valence-electron chi connectivity index (χ2n) is 4.91. The fraction of sp³-hybridized carbons (Fsp3) is 0.500. The minimum atomic E-state index is -0.496. The zero-order valence-corrected chi connectivity index (χ0v) is 11.5. The van der Waals surface area contributed by atoms with E-state index in [0.717, 1.165) is 19.3 Å². The zero-order valence-electron chi connectivity index (χ0n) is 11.5. The lowest BCUT2D eigenvalue weighted by Gasteiger charge is -2.13. The van der Waals surface area contributed by atoms with Gasteiger partial charge in [0.05, 0.1) is 24.5 Å². The van der Waals surface area contributed by atoms with Crippen LogP contribution in [0.4, 0.5) is 15.8 Å². The van der Waals surface area contributed by atoms with E-state index in [1.54, 1.807) is 0 Å². The van der Waals surface area contributed by atoms with Gasteiger partial charge in [-0.2, -0.15) is 0 Å². The zero-order chi connectivity index (χ0) is 14.5. The lowest BCUT2D eigenvalue weighted by molar-refractivity contribution is -0.119. The standard InChI is InChI=1S/C14H20FN3O2/c1-2-5-20-13-7-12(11(16)6-10(13)15)17-8-14(19)18-9-3-4-9/h6-7,9,17H,2-5,8,16H2,1H3,(H,18,19). The predicted octanol–water partition coefficient (Wildman–Crippen LogP) is 1.89. The SMILES string of the molecule is CCCOc1cc(NCC(=O)NC2CC2)c(N)cc1F. The van der Waals surface area contributed by atoms with Gasteiger partial charge in [0.1, 0.15) is 0 Å². The average molecular weight is 281 g/mol. The number of hydrogen-bond acceptors (Lipinski definition) is 4. The summed E-state index contributed by atoms with van der Waals surface area (Å²) in [4.78, 5) is 11.6. The van der Waals surface area contributed by atoms with Crippen LogP contribution in [-0.4, -0.2) is 25.1 Å². The van der Waals surface area contributed by atoms with E-state index in [-0.39, 0.29) is 23.9 Å². The number of nitrogen functional groups attached to an aromatic ring is 1. The fourth-order valence-corrected chi connectivity index (χ4v) is 1.73. The summed E-state index contributed by atoms with van der Waals surface area (Å²) in [5.41, 5.74) is 6.49. The van der Waals surface area contributed by atoms with Gasteiger partial charge in [0.25, 0.3) is 0 Å². The Bertz CT molecular complexity index is 490. The summed E-state index contributed by atoms with van der Waals surface area (Å²) < 4.78 is 18.9. The molecule has 1 saturated carbocycles. The maximum atomic E-state index is 13.6. The molecule has 1 fully saturated rings. The number of ether oxygens (including phenoxy) is 1. The molecule has 4 N–H and O–H groups in total. The number of rotatable bonds is 7. The average Bonchev–Trinajstić information content (AvgIpc) is 3.20. The Morgan fingerprint density at radius 3 is 2.90 bits per heavy atom. The fourth-order valence-electron chi connectivity index (χ4n) is 1.73. The minimum absolute atomic E-state index is 0.0905. The highest BCUT2D eigenvalue weighted by Gasteiger charge is 2.23. The van der Waals surface area contributed by atoms with Gasteiger partial charge in [-0.15, -0.1) is 0 Å². The Balaban J connectivity index is 1.96. The van der Waals surface area contributed by atoms with E-state index in [9.17, 15) is 9.18 Å². The first-order valence-corrected chi connectivity index (χ1v) is 6.85. The van der Waals surface area contributed by atoms with Gasteiger partial charge >= 0.3 is 0 Å². The molecule has 1 aliphatic carbocycles. The first-order valence-electron chi connectivity index (χ1n) is 6.85. The van der Waals surface area contributed by atoms with Crippen LogP contribution < -0.4 is 21.1 Å². The van der Waals surface area contributed by atoms with Crippen LogP contribution >= 0.6 is 0 Å². The number of carbonyl (C=O) groups is 1. The van der Waals surface area contributed by atoms with Gasteiger partial charge in [0, 0.05) is 18.2 Å². The molecule has 2 rings (SSSR count). The molecule has 0 saturated heterocycles. The minimum Gasteiger partial charge on any atom is -0.490 e. The molecule has 0 radical (unpaired) electrons. The van der Waals surface area contributed by atoms with E-state index in [1.165, 1.54) is 12.1 Å². The van der Waals surface area contributed by atoms with Crippen LogP contribution in [0.5, 0.6) is 5.75 Å². The smallest absolute Gasteiger partial charge is 0.239 e. The van der Waals surface area contributed by atoms with Crippen LogP contribution in [0.15, 0.2) is 12.1 Å². The number of benzene rings is 1. The van der Waals surface area contributed by atoms with Crippen molar-refractivity contribution in [2.45, 2.75) is 32.2 Å². The van der Waals surface area contributed by atoms with Crippen molar-refractivity contribution in [3.8, 4) is 5.75 Å². The third kappa shape index (κ3) is 4.01. The van der Waals surface area contributed by atoms with E-state index in [0.29, 0.717) is 18.3 Å². The van der Waals surface area contributed by atoms with Crippen molar-refractivity contribution < 1.29 is 13.9 Å². The van der Waals surface area contributed by atoms with E-state index >= 15 is 0 Å². The van der Waals surface area contributed by atoms with E-state index in [2.05, 4.69) is 10.6 Å². The second kappa shape index (κ2) is 6.45. The molecule has 1 aromatic rings. The maximum Gasteiger partial charge on any atom is 0.239 e. The number of nitrogens with two attached hydrogens (primary N) is 1. The third-order valence-corrected chi connectivity index (χ3v) is 2.95. The summed E-state index contributed by atoms with van der Waals surface area (Å²) in [7, 11) is 0. The summed E-state index contributed by atoms with van der Waals surface area (Å²) in [5, 5.41) is 5.76. The molecule has 110 valence electrons. The monoisotopic (exact) mass is 281 g/mol. The number of carbonyl (C=O) groups excluding carboxylic acids is 1. The molecular formula is C14H20FN3O2. The highest BCUT2D eigenvalue weighted by Crippen LogP contribution is 2.28. The maximum absolute atomic E-state index is 13.6. The van der Waals surface area contributed by atoms with Crippen LogP contribution in [0.1, 0.15) is 26.2 Å². The Morgan fingerprint density at radius 2 is 2.25 bits per heavy atom. The summed E-state index contributed by atoms with van der Waals surface area (Å²) in [6.45, 7) is 2.48. The van der Waals surface area contributed by atoms with Crippen LogP contribution in [0.3, 0.4) is 0 Å². The van der Waals surface area contributed by atoms with Gasteiger partial charge < -0.3 is 21.1 Å². The van der Waals surface area contributed by atoms with Crippen molar-refractivity contribution in [2.75, 3.05) is 24.2 Å². The molecule has 5 nitrogen and oxygen atoms in total. The van der Waals surface area contributed by atoms with E-state index in [1.807, 2.05) is 6.92 Å². The molecule has 1 amide bonds. The topological polar surface area (TPSA) is 76.4 Å². The van der Waals surface area contributed by atoms with Crippen molar-refractivity contribution >= 4 is 17.3 Å². The highest BCUT2D eigenvalue weighted by atomic mass is 19.1. The summed E-state index contributed by atoms with van der Waals surface area (Å²) in [6.07, 6.45) is 2.87. The highest BCUT2D eigenvalue weighted by molar-refractivity contribution is 5.83. The lowest BCUT2D eigenvalue weighted by atomic mass is 10.2. The van der Waals surface area contributed by atoms with Crippen molar-refractivity contribution in [3.63, 3.8) is 0 Å². The van der Waals surface area contributed by atoms with Gasteiger partial charge in [0.2, 0.25) is 5.91 Å². The van der Waals surface area contributed by atoms with Crippen LogP contribution in [0.2, 0.25) is 0 Å². The molecular weight excluding hydrogens is 261 g/mol. The van der Waals surface area contributed by atoms with Gasteiger partial charge in [0.15, 0.2) is 11.6 Å². The number of halogens is 1. The Hall–Kier alpha value is -1.98. The molecule has 0 unspecified atom stereocenters. The number of amides is 1. The molecule has 0 aromatic heterocycles. The molecule has 6 heteroatoms. The van der Waals surface area contributed by atoms with Crippen molar-refractivity contribution in [1.82, 2.24) is 5.32 Å². The summed E-state index contributed by atoms with van der Waals surface area (Å²) >= 11 is 0. The van der Waals surface area contributed by atoms with Crippen molar-refractivity contribution in [2.24, 2.45) is 0 Å². The number of nitrogens with one attached hydrogen (secondary N) is 2. The second-order valence-corrected chi connectivity index (χ2v) is 4.91.